The fraction of sp³-hybridized carbons (Fsp3) is 0.533. The first-order valence-corrected chi connectivity index (χ1v) is 7.22. The highest BCUT2D eigenvalue weighted by molar-refractivity contribution is 5.78. The molecular weight excluding hydrogens is 254 g/mol. The smallest absolute Gasteiger partial charge is 0.326 e. The van der Waals surface area contributed by atoms with Crippen LogP contribution in [0.5, 0.6) is 0 Å². The minimum absolute atomic E-state index is 0.121. The van der Waals surface area contributed by atoms with E-state index in [1.54, 1.807) is 10.6 Å². The van der Waals surface area contributed by atoms with Gasteiger partial charge in [-0.05, 0) is 31.0 Å². The molecule has 0 spiro atoms. The summed E-state index contributed by atoms with van der Waals surface area (Å²) in [5.74, 6) is 0. The number of nitrogen functional groups attached to an aromatic ring is 1. The summed E-state index contributed by atoms with van der Waals surface area (Å²) in [5, 5.41) is 9.81. The van der Waals surface area contributed by atoms with E-state index in [2.05, 4.69) is 4.98 Å². The zero-order chi connectivity index (χ0) is 14.2. The van der Waals surface area contributed by atoms with Crippen LogP contribution in [-0.2, 0) is 6.54 Å². The molecule has 20 heavy (non-hydrogen) atoms. The summed E-state index contributed by atoms with van der Waals surface area (Å²) < 4.78 is 1.73. The van der Waals surface area contributed by atoms with Crippen LogP contribution in [0.1, 0.15) is 32.1 Å². The van der Waals surface area contributed by atoms with Crippen LogP contribution >= 0.6 is 0 Å². The first-order valence-electron chi connectivity index (χ1n) is 7.22. The van der Waals surface area contributed by atoms with E-state index in [0.717, 1.165) is 36.7 Å². The number of rotatable bonds is 3. The van der Waals surface area contributed by atoms with E-state index in [-0.39, 0.29) is 17.7 Å². The van der Waals surface area contributed by atoms with Crippen LogP contribution in [0.4, 0.5) is 5.69 Å². The molecule has 1 fully saturated rings. The molecule has 4 N–H and O–H groups in total. The number of nitrogens with two attached hydrogens (primary N) is 1. The Kier molecular flexibility index (Phi) is 3.30. The lowest BCUT2D eigenvalue weighted by Crippen LogP contribution is -2.36. The molecule has 2 aromatic rings. The van der Waals surface area contributed by atoms with Crippen LogP contribution in [0.2, 0.25) is 0 Å². The molecule has 1 heterocycles. The number of nitrogens with zero attached hydrogens (tertiary/aromatic N) is 1. The lowest BCUT2D eigenvalue weighted by Gasteiger charge is -2.35. The molecule has 3 rings (SSSR count). The van der Waals surface area contributed by atoms with E-state index in [1.807, 2.05) is 12.1 Å². The van der Waals surface area contributed by atoms with Crippen molar-refractivity contribution >= 4 is 16.7 Å². The highest BCUT2D eigenvalue weighted by atomic mass is 16.3. The van der Waals surface area contributed by atoms with Crippen molar-refractivity contribution in [2.75, 3.05) is 12.3 Å². The molecule has 1 saturated carbocycles. The van der Waals surface area contributed by atoms with E-state index in [9.17, 15) is 9.90 Å². The molecule has 5 nitrogen and oxygen atoms in total. The second kappa shape index (κ2) is 4.98. The zero-order valence-corrected chi connectivity index (χ0v) is 11.6. The summed E-state index contributed by atoms with van der Waals surface area (Å²) in [7, 11) is 0. The number of H-pyrrole nitrogens is 1. The number of aromatic amines is 1. The molecule has 0 bridgehead atoms. The van der Waals surface area contributed by atoms with Crippen molar-refractivity contribution < 1.29 is 5.11 Å². The van der Waals surface area contributed by atoms with Gasteiger partial charge in [0.2, 0.25) is 0 Å². The van der Waals surface area contributed by atoms with E-state index in [1.165, 1.54) is 6.42 Å². The molecule has 1 aliphatic rings. The molecule has 0 aliphatic heterocycles. The quantitative estimate of drug-likeness (QED) is 0.747. The van der Waals surface area contributed by atoms with Crippen LogP contribution in [0, 0.1) is 5.41 Å². The number of hydrogen-bond donors (Lipinski definition) is 3. The average Bonchev–Trinajstić information content (AvgIpc) is 2.76. The van der Waals surface area contributed by atoms with Crippen molar-refractivity contribution in [1.29, 1.82) is 0 Å². The van der Waals surface area contributed by atoms with Gasteiger partial charge < -0.3 is 15.8 Å². The fourth-order valence-corrected chi connectivity index (χ4v) is 3.33. The van der Waals surface area contributed by atoms with Crippen LogP contribution in [0.3, 0.4) is 0 Å². The van der Waals surface area contributed by atoms with Gasteiger partial charge in [-0.1, -0.05) is 19.3 Å². The van der Waals surface area contributed by atoms with Gasteiger partial charge in [0, 0.05) is 17.6 Å². The highest BCUT2D eigenvalue weighted by Crippen LogP contribution is 2.37. The van der Waals surface area contributed by atoms with Gasteiger partial charge in [0.25, 0.3) is 0 Å². The third-order valence-electron chi connectivity index (χ3n) is 4.54. The summed E-state index contributed by atoms with van der Waals surface area (Å²) in [5.41, 5.74) is 7.81. The Morgan fingerprint density at radius 3 is 2.75 bits per heavy atom. The molecule has 108 valence electrons. The van der Waals surface area contributed by atoms with Gasteiger partial charge in [0.05, 0.1) is 17.6 Å². The second-order valence-electron chi connectivity index (χ2n) is 6.01. The second-order valence-corrected chi connectivity index (χ2v) is 6.01. The Bertz CT molecular complexity index is 665. The minimum atomic E-state index is -0.165. The predicted molar refractivity (Wildman–Crippen MR) is 79.6 cm³/mol. The van der Waals surface area contributed by atoms with Crippen LogP contribution in [0.25, 0.3) is 11.0 Å². The monoisotopic (exact) mass is 275 g/mol. The molecule has 0 radical (unpaired) electrons. The number of hydrogen-bond acceptors (Lipinski definition) is 3. The first-order chi connectivity index (χ1) is 9.63. The molecular formula is C15H21N3O2. The molecule has 0 atom stereocenters. The third-order valence-corrected chi connectivity index (χ3v) is 4.54. The molecule has 0 amide bonds. The van der Waals surface area contributed by atoms with Crippen molar-refractivity contribution in [2.45, 2.75) is 38.6 Å². The van der Waals surface area contributed by atoms with Crippen molar-refractivity contribution in [3.05, 3.63) is 28.7 Å². The molecule has 1 aromatic carbocycles. The highest BCUT2D eigenvalue weighted by Gasteiger charge is 2.32. The van der Waals surface area contributed by atoms with E-state index < -0.39 is 0 Å². The number of benzene rings is 1. The van der Waals surface area contributed by atoms with Gasteiger partial charge in [-0.15, -0.1) is 0 Å². The topological polar surface area (TPSA) is 84.0 Å². The van der Waals surface area contributed by atoms with Crippen LogP contribution in [-0.4, -0.2) is 21.3 Å². The van der Waals surface area contributed by atoms with Crippen LogP contribution in [0.15, 0.2) is 23.0 Å². The summed E-state index contributed by atoms with van der Waals surface area (Å²) in [6, 6.07) is 5.43. The number of anilines is 1. The molecule has 0 unspecified atom stereocenters. The Hall–Kier alpha value is -1.75. The Labute approximate surface area is 117 Å². The average molecular weight is 275 g/mol. The Morgan fingerprint density at radius 1 is 1.30 bits per heavy atom. The Morgan fingerprint density at radius 2 is 2.05 bits per heavy atom. The number of aliphatic hydroxyl groups excluding tert-OH is 1. The van der Waals surface area contributed by atoms with Crippen molar-refractivity contribution in [3.8, 4) is 0 Å². The molecule has 0 saturated heterocycles. The van der Waals surface area contributed by atoms with Crippen molar-refractivity contribution in [2.24, 2.45) is 5.41 Å². The maximum atomic E-state index is 12.2. The summed E-state index contributed by atoms with van der Waals surface area (Å²) in [6.07, 6.45) is 5.42. The Balaban J connectivity index is 2.03. The van der Waals surface area contributed by atoms with E-state index >= 15 is 0 Å². The molecule has 1 aliphatic carbocycles. The van der Waals surface area contributed by atoms with Crippen molar-refractivity contribution in [3.63, 3.8) is 0 Å². The number of fused-ring (bicyclic) bond motifs is 1. The maximum Gasteiger partial charge on any atom is 0.326 e. The van der Waals surface area contributed by atoms with Gasteiger partial charge >= 0.3 is 5.69 Å². The van der Waals surface area contributed by atoms with Gasteiger partial charge in [-0.25, -0.2) is 4.79 Å². The van der Waals surface area contributed by atoms with E-state index in [0.29, 0.717) is 12.2 Å². The van der Waals surface area contributed by atoms with E-state index in [4.69, 9.17) is 5.73 Å². The lowest BCUT2D eigenvalue weighted by molar-refractivity contribution is 0.0649. The van der Waals surface area contributed by atoms with Gasteiger partial charge in [-0.2, -0.15) is 0 Å². The third kappa shape index (κ3) is 2.22. The standard InChI is InChI=1S/C15H21N3O2/c16-11-4-5-12-13(8-11)18(14(20)17-12)9-15(10-19)6-2-1-3-7-15/h4-5,8,19H,1-3,6-7,9-10,16H2,(H,17,20). The number of aromatic nitrogens is 2. The van der Waals surface area contributed by atoms with Crippen molar-refractivity contribution in [1.82, 2.24) is 9.55 Å². The summed E-state index contributed by atoms with van der Waals surface area (Å²) >= 11 is 0. The largest absolute Gasteiger partial charge is 0.399 e. The first kappa shape index (κ1) is 13.2. The maximum absolute atomic E-state index is 12.2. The predicted octanol–water partition coefficient (Wildman–Crippen LogP) is 1.85. The number of nitrogens with one attached hydrogen (secondary N) is 1. The zero-order valence-electron chi connectivity index (χ0n) is 11.6. The van der Waals surface area contributed by atoms with Gasteiger partial charge in [0.1, 0.15) is 0 Å². The SMILES string of the molecule is Nc1ccc2[nH]c(=O)n(CC3(CO)CCCCC3)c2c1. The summed E-state index contributed by atoms with van der Waals surface area (Å²) in [4.78, 5) is 15.0. The lowest BCUT2D eigenvalue weighted by atomic mass is 9.74. The number of aliphatic hydroxyl groups is 1. The summed E-state index contributed by atoms with van der Waals surface area (Å²) in [6.45, 7) is 0.695. The molecule has 1 aromatic heterocycles. The normalized spacial score (nSPS) is 18.4. The fourth-order valence-electron chi connectivity index (χ4n) is 3.33. The molecule has 5 heteroatoms. The minimum Gasteiger partial charge on any atom is -0.399 e. The van der Waals surface area contributed by atoms with Gasteiger partial charge in [0.15, 0.2) is 0 Å². The number of imidazole rings is 1. The van der Waals surface area contributed by atoms with Crippen LogP contribution < -0.4 is 11.4 Å². The van der Waals surface area contributed by atoms with Gasteiger partial charge in [-0.3, -0.25) is 4.57 Å².